The maximum atomic E-state index is 12.6. The van der Waals surface area contributed by atoms with Crippen molar-refractivity contribution in [2.24, 2.45) is 0 Å². The number of esters is 2. The Bertz CT molecular complexity index is 917. The van der Waals surface area contributed by atoms with Gasteiger partial charge in [0.05, 0.1) is 32.8 Å². The van der Waals surface area contributed by atoms with Crippen molar-refractivity contribution in [3.05, 3.63) is 81.6 Å². The van der Waals surface area contributed by atoms with Crippen LogP contribution in [-0.4, -0.2) is 44.7 Å². The highest BCUT2D eigenvalue weighted by Gasteiger charge is 2.24. The van der Waals surface area contributed by atoms with Gasteiger partial charge in [0.25, 0.3) is 0 Å². The number of ether oxygens (including phenoxy) is 4. The van der Waals surface area contributed by atoms with Crippen LogP contribution < -0.4 is 9.47 Å². The molecular weight excluding hydrogens is 394 g/mol. The number of carbonyl (C=O) groups is 2. The standard InChI is InChI=1S/C21H21NO8/c1-27-17-9-15(10-18(12-17)28-2)20(23)30-19(21(24)29-3)11-16(13-22(25)26)14-7-5-4-6-8-14/h4-12,16H,13H2,1-3H3/b19-11-/t16-/m0/s1. The zero-order valence-electron chi connectivity index (χ0n) is 16.7. The molecule has 0 radical (unpaired) electrons. The van der Waals surface area contributed by atoms with E-state index in [0.717, 1.165) is 7.11 Å². The van der Waals surface area contributed by atoms with E-state index in [9.17, 15) is 19.7 Å². The summed E-state index contributed by atoms with van der Waals surface area (Å²) in [4.78, 5) is 35.4. The molecule has 2 aromatic rings. The first-order valence-electron chi connectivity index (χ1n) is 8.80. The van der Waals surface area contributed by atoms with Gasteiger partial charge in [0.15, 0.2) is 0 Å². The van der Waals surface area contributed by atoms with E-state index in [0.29, 0.717) is 17.1 Å². The minimum atomic E-state index is -0.942. The van der Waals surface area contributed by atoms with Gasteiger partial charge in [0.1, 0.15) is 11.5 Å². The Labute approximate surface area is 173 Å². The van der Waals surface area contributed by atoms with Crippen LogP contribution in [0.1, 0.15) is 21.8 Å². The molecule has 9 nitrogen and oxygen atoms in total. The summed E-state index contributed by atoms with van der Waals surface area (Å²) in [7, 11) is 3.96. The first kappa shape index (κ1) is 22.4. The number of hydrogen-bond acceptors (Lipinski definition) is 8. The van der Waals surface area contributed by atoms with E-state index in [1.165, 1.54) is 32.4 Å². The van der Waals surface area contributed by atoms with Gasteiger partial charge in [-0.1, -0.05) is 30.3 Å². The number of hydrogen-bond donors (Lipinski definition) is 0. The molecule has 0 heterocycles. The normalized spacial score (nSPS) is 11.9. The molecule has 0 saturated carbocycles. The van der Waals surface area contributed by atoms with Crippen LogP contribution in [0.3, 0.4) is 0 Å². The third-order valence-electron chi connectivity index (χ3n) is 4.10. The number of rotatable bonds is 9. The third kappa shape index (κ3) is 6.06. The smallest absolute Gasteiger partial charge is 0.373 e. The molecule has 0 aliphatic rings. The molecule has 0 fully saturated rings. The maximum Gasteiger partial charge on any atom is 0.373 e. The van der Waals surface area contributed by atoms with E-state index in [1.54, 1.807) is 36.4 Å². The number of benzene rings is 2. The van der Waals surface area contributed by atoms with E-state index in [1.807, 2.05) is 0 Å². The van der Waals surface area contributed by atoms with Crippen molar-refractivity contribution in [2.75, 3.05) is 27.9 Å². The van der Waals surface area contributed by atoms with Crippen molar-refractivity contribution in [3.8, 4) is 11.5 Å². The lowest BCUT2D eigenvalue weighted by Gasteiger charge is -2.13. The van der Waals surface area contributed by atoms with Gasteiger partial charge in [-0.3, -0.25) is 10.1 Å². The summed E-state index contributed by atoms with van der Waals surface area (Å²) in [6.07, 6.45) is 1.21. The first-order valence-corrected chi connectivity index (χ1v) is 8.80. The molecule has 0 saturated heterocycles. The molecule has 0 bridgehead atoms. The van der Waals surface area contributed by atoms with Crippen LogP contribution in [0.15, 0.2) is 60.4 Å². The SMILES string of the molecule is COC(=O)/C(=C/[C@@H](C[N+](=O)[O-])c1ccccc1)OC(=O)c1cc(OC)cc(OC)c1. The summed E-state index contributed by atoms with van der Waals surface area (Å²) in [6.45, 7) is -0.505. The number of methoxy groups -OCH3 is 3. The number of nitrogens with zero attached hydrogens (tertiary/aromatic N) is 1. The van der Waals surface area contributed by atoms with Gasteiger partial charge in [0, 0.05) is 11.0 Å². The molecule has 1 atom stereocenters. The van der Waals surface area contributed by atoms with Crippen molar-refractivity contribution >= 4 is 11.9 Å². The summed E-state index contributed by atoms with van der Waals surface area (Å²) in [5.74, 6) is -2.40. The fourth-order valence-electron chi connectivity index (χ4n) is 2.63. The van der Waals surface area contributed by atoms with E-state index >= 15 is 0 Å². The third-order valence-corrected chi connectivity index (χ3v) is 4.10. The number of nitro groups is 1. The summed E-state index contributed by atoms with van der Waals surface area (Å²) >= 11 is 0. The first-order chi connectivity index (χ1) is 14.4. The lowest BCUT2D eigenvalue weighted by Crippen LogP contribution is -2.17. The Morgan fingerprint density at radius 1 is 1.03 bits per heavy atom. The van der Waals surface area contributed by atoms with Crippen molar-refractivity contribution < 1.29 is 33.5 Å². The van der Waals surface area contributed by atoms with Gasteiger partial charge in [-0.25, -0.2) is 9.59 Å². The summed E-state index contributed by atoms with van der Waals surface area (Å²) in [5, 5.41) is 11.1. The molecule has 0 N–H and O–H groups in total. The molecule has 0 aliphatic carbocycles. The largest absolute Gasteiger partial charge is 0.497 e. The van der Waals surface area contributed by atoms with Crippen LogP contribution in [0.4, 0.5) is 0 Å². The van der Waals surface area contributed by atoms with Crippen molar-refractivity contribution in [1.82, 2.24) is 0 Å². The molecule has 0 aliphatic heterocycles. The summed E-state index contributed by atoms with van der Waals surface area (Å²) in [6, 6.07) is 12.9. The quantitative estimate of drug-likeness (QED) is 0.202. The van der Waals surface area contributed by atoms with Crippen molar-refractivity contribution in [3.63, 3.8) is 0 Å². The van der Waals surface area contributed by atoms with Gasteiger partial charge in [-0.15, -0.1) is 0 Å². The lowest BCUT2D eigenvalue weighted by molar-refractivity contribution is -0.481. The van der Waals surface area contributed by atoms with Crippen molar-refractivity contribution in [2.45, 2.75) is 5.92 Å². The lowest BCUT2D eigenvalue weighted by atomic mass is 9.98. The molecule has 2 rings (SSSR count). The Kier molecular flexibility index (Phi) is 7.92. The Balaban J connectivity index is 2.40. The Morgan fingerprint density at radius 2 is 1.63 bits per heavy atom. The van der Waals surface area contributed by atoms with E-state index < -0.39 is 35.1 Å². The van der Waals surface area contributed by atoms with Gasteiger partial charge >= 0.3 is 11.9 Å². The fraction of sp³-hybridized carbons (Fsp3) is 0.238. The zero-order chi connectivity index (χ0) is 22.1. The second-order valence-corrected chi connectivity index (χ2v) is 6.05. The van der Waals surface area contributed by atoms with E-state index in [4.69, 9.17) is 14.2 Å². The van der Waals surface area contributed by atoms with Crippen LogP contribution in [-0.2, 0) is 14.3 Å². The molecule has 30 heavy (non-hydrogen) atoms. The maximum absolute atomic E-state index is 12.6. The average molecular weight is 415 g/mol. The summed E-state index contributed by atoms with van der Waals surface area (Å²) < 4.78 is 20.1. The topological polar surface area (TPSA) is 114 Å². The minimum absolute atomic E-state index is 0.0616. The molecule has 9 heteroatoms. The Hall–Kier alpha value is -3.88. The second kappa shape index (κ2) is 10.6. The Morgan fingerprint density at radius 3 is 2.13 bits per heavy atom. The summed E-state index contributed by atoms with van der Waals surface area (Å²) in [5.41, 5.74) is 0.640. The van der Waals surface area contributed by atoms with Crippen LogP contribution in [0.25, 0.3) is 0 Å². The minimum Gasteiger partial charge on any atom is -0.497 e. The van der Waals surface area contributed by atoms with Gasteiger partial charge in [0.2, 0.25) is 12.3 Å². The van der Waals surface area contributed by atoms with Crippen LogP contribution in [0.5, 0.6) is 11.5 Å². The second-order valence-electron chi connectivity index (χ2n) is 6.05. The average Bonchev–Trinajstić information content (AvgIpc) is 2.77. The van der Waals surface area contributed by atoms with E-state index in [2.05, 4.69) is 4.74 Å². The highest BCUT2D eigenvalue weighted by atomic mass is 16.6. The van der Waals surface area contributed by atoms with Crippen LogP contribution >= 0.6 is 0 Å². The number of carbonyl (C=O) groups excluding carboxylic acids is 2. The molecule has 0 amide bonds. The van der Waals surface area contributed by atoms with Crippen LogP contribution in [0, 0.1) is 10.1 Å². The highest BCUT2D eigenvalue weighted by molar-refractivity contribution is 5.96. The van der Waals surface area contributed by atoms with Gasteiger partial charge in [-0.2, -0.15) is 0 Å². The molecule has 0 aromatic heterocycles. The van der Waals surface area contributed by atoms with Gasteiger partial charge in [-0.05, 0) is 23.8 Å². The predicted octanol–water partition coefficient (Wildman–Crippen LogP) is 2.98. The fourth-order valence-corrected chi connectivity index (χ4v) is 2.63. The molecular formula is C21H21NO8. The predicted molar refractivity (Wildman–Crippen MR) is 106 cm³/mol. The van der Waals surface area contributed by atoms with Gasteiger partial charge < -0.3 is 18.9 Å². The highest BCUT2D eigenvalue weighted by Crippen LogP contribution is 2.25. The van der Waals surface area contributed by atoms with Crippen molar-refractivity contribution in [1.29, 1.82) is 0 Å². The van der Waals surface area contributed by atoms with Crippen LogP contribution in [0.2, 0.25) is 0 Å². The monoisotopic (exact) mass is 415 g/mol. The van der Waals surface area contributed by atoms with E-state index in [-0.39, 0.29) is 5.56 Å². The molecule has 2 aromatic carbocycles. The molecule has 0 spiro atoms. The molecule has 158 valence electrons. The molecule has 0 unspecified atom stereocenters. The zero-order valence-corrected chi connectivity index (χ0v) is 16.7.